The van der Waals surface area contributed by atoms with Gasteiger partial charge >= 0.3 is 0 Å². The lowest BCUT2D eigenvalue weighted by molar-refractivity contribution is -0.720. The summed E-state index contributed by atoms with van der Waals surface area (Å²) >= 11 is 0. The molecule has 0 N–H and O–H groups in total. The first kappa shape index (κ1) is 35.6. The smallest absolute Gasteiger partial charge is 0.295 e. The number of allylic oxidation sites excluding steroid dienone is 2. The van der Waals surface area contributed by atoms with Crippen LogP contribution in [0.3, 0.4) is 0 Å². The molecule has 0 radical (unpaired) electrons. The zero-order chi connectivity index (χ0) is 39.5. The summed E-state index contributed by atoms with van der Waals surface area (Å²) in [6.07, 6.45) is 2.41. The number of hydrogen-bond donors (Lipinski definition) is 0. The minimum absolute atomic E-state index is 0.0173. The molecule has 2 aliphatic heterocycles. The molecular weight excluding hydrogens is 718 g/mol. The van der Waals surface area contributed by atoms with Crippen molar-refractivity contribution in [1.82, 2.24) is 4.57 Å². The first-order valence-corrected chi connectivity index (χ1v) is 23.7. The van der Waals surface area contributed by atoms with Gasteiger partial charge in [-0.3, -0.25) is 0 Å². The quantitative estimate of drug-likeness (QED) is 0.127. The average molecular weight is 766 g/mol. The molecule has 3 aromatic heterocycles. The molecule has 0 saturated carbocycles. The molecule has 4 nitrogen and oxygen atoms in total. The van der Waals surface area contributed by atoms with Crippen molar-refractivity contribution < 1.29 is 17.9 Å². The number of hydrogen-bond acceptors (Lipinski definition) is 1. The number of halogens is 1. The largest absolute Gasteiger partial charge is 0.455 e. The van der Waals surface area contributed by atoms with Crippen molar-refractivity contribution in [3.8, 4) is 22.6 Å². The Bertz CT molecular complexity index is 2980. The molecule has 0 saturated heterocycles. The molecule has 57 heavy (non-hydrogen) atoms. The highest BCUT2D eigenvalue weighted by Gasteiger charge is 2.51. The fourth-order valence-electron chi connectivity index (χ4n) is 9.91. The monoisotopic (exact) mass is 765 g/mol. The molecule has 3 unspecified atom stereocenters. The van der Waals surface area contributed by atoms with Crippen LogP contribution in [0.15, 0.2) is 145 Å². The van der Waals surface area contributed by atoms with Gasteiger partial charge in [0.15, 0.2) is 28.9 Å². The lowest BCUT2D eigenvalue weighted by Gasteiger charge is -2.36. The van der Waals surface area contributed by atoms with Crippen LogP contribution in [0.25, 0.3) is 66.8 Å². The fourth-order valence-corrected chi connectivity index (χ4v) is 11.0. The molecule has 6 heteroatoms. The van der Waals surface area contributed by atoms with Crippen LogP contribution in [0, 0.1) is 11.7 Å². The van der Waals surface area contributed by atoms with Gasteiger partial charge in [-0.05, 0) is 54.0 Å². The Balaban J connectivity index is 1.38. The maximum absolute atomic E-state index is 15.9. The van der Waals surface area contributed by atoms with Crippen LogP contribution >= 0.6 is 0 Å². The van der Waals surface area contributed by atoms with E-state index >= 15 is 4.39 Å². The van der Waals surface area contributed by atoms with Crippen LogP contribution in [-0.4, -0.2) is 12.6 Å². The van der Waals surface area contributed by atoms with Crippen LogP contribution in [0.4, 0.5) is 4.39 Å². The predicted octanol–water partition coefficient (Wildman–Crippen LogP) is 11.6. The number of furan rings is 1. The van der Waals surface area contributed by atoms with Crippen molar-refractivity contribution in [1.29, 1.82) is 0 Å². The van der Waals surface area contributed by atoms with E-state index in [1.54, 1.807) is 12.1 Å². The van der Waals surface area contributed by atoms with Crippen molar-refractivity contribution in [2.75, 3.05) is 0 Å². The van der Waals surface area contributed by atoms with Crippen molar-refractivity contribution >= 4 is 57.4 Å². The van der Waals surface area contributed by atoms with Crippen LogP contribution in [0.5, 0.6) is 0 Å². The maximum Gasteiger partial charge on any atom is 0.295 e. The Morgan fingerprint density at radius 2 is 1.60 bits per heavy atom. The van der Waals surface area contributed by atoms with Crippen molar-refractivity contribution in [3.63, 3.8) is 0 Å². The minimum atomic E-state index is -1.70. The molecule has 0 fully saturated rings. The second kappa shape index (κ2) is 12.6. The van der Waals surface area contributed by atoms with Gasteiger partial charge in [-0.2, -0.15) is 4.57 Å². The third-order valence-corrected chi connectivity index (χ3v) is 15.3. The highest BCUT2D eigenvalue weighted by Crippen LogP contribution is 2.51. The molecule has 8 aromatic rings. The topological polar surface area (TPSA) is 25.8 Å². The van der Waals surface area contributed by atoms with Gasteiger partial charge in [-0.15, -0.1) is 0 Å². The molecule has 0 aliphatic carbocycles. The van der Waals surface area contributed by atoms with Gasteiger partial charge in [0.05, 0.1) is 19.6 Å². The van der Waals surface area contributed by atoms with E-state index in [0.717, 1.165) is 66.6 Å². The summed E-state index contributed by atoms with van der Waals surface area (Å²) in [7, 11) is -1.70. The first-order valence-electron chi connectivity index (χ1n) is 20.2. The van der Waals surface area contributed by atoms with E-state index in [0.29, 0.717) is 6.54 Å². The summed E-state index contributed by atoms with van der Waals surface area (Å²) in [6, 6.07) is 41.9. The van der Waals surface area contributed by atoms with E-state index < -0.39 is 13.6 Å². The second-order valence-electron chi connectivity index (χ2n) is 17.6. The van der Waals surface area contributed by atoms with Gasteiger partial charge in [0.1, 0.15) is 29.0 Å². The van der Waals surface area contributed by atoms with E-state index in [-0.39, 0.29) is 23.7 Å². The number of imidazole rings is 1. The summed E-state index contributed by atoms with van der Waals surface area (Å²) < 4.78 is 30.3. The summed E-state index contributed by atoms with van der Waals surface area (Å²) in [5.74, 6) is 0.772. The van der Waals surface area contributed by atoms with Gasteiger partial charge < -0.3 is 4.42 Å². The summed E-state index contributed by atoms with van der Waals surface area (Å²) in [4.78, 5) is 0. The number of benzene rings is 5. The van der Waals surface area contributed by atoms with Crippen LogP contribution < -0.4 is 14.3 Å². The minimum Gasteiger partial charge on any atom is -0.455 e. The molecule has 0 bridgehead atoms. The lowest BCUT2D eigenvalue weighted by atomic mass is 9.76. The van der Waals surface area contributed by atoms with Crippen LogP contribution in [0.1, 0.15) is 49.4 Å². The zero-order valence-corrected chi connectivity index (χ0v) is 34.6. The molecular formula is C51H48FN3OSi+2. The van der Waals surface area contributed by atoms with Gasteiger partial charge in [0.2, 0.25) is 5.69 Å². The van der Waals surface area contributed by atoms with Gasteiger partial charge in [0, 0.05) is 45.1 Å². The molecule has 282 valence electrons. The molecule has 0 spiro atoms. The van der Waals surface area contributed by atoms with Gasteiger partial charge in [-0.1, -0.05) is 126 Å². The second-order valence-corrected chi connectivity index (χ2v) is 22.7. The van der Waals surface area contributed by atoms with Crippen LogP contribution in [0.2, 0.25) is 19.6 Å². The SMILES string of the molecule is C=C1c2ccc3c(oc4ccccc43)c2-c2n(c3cc(F)ccc3[n+]2C(C)(C(=C)c2ccccc2)C(C)C)CC2c3ccccc3-c3ccc([Si](C)(C)C)c[n+]3C12. The normalized spacial score (nSPS) is 17.4. The van der Waals surface area contributed by atoms with Crippen molar-refractivity contribution in [2.45, 2.75) is 64.5 Å². The number of nitrogens with zero attached hydrogens (tertiary/aromatic N) is 3. The standard InChI is InChI=1S/C51H48FN3OSi/c1-31(2)51(5,33(4)34-16-10-9-11-17-34)55-44-26-22-35(52)28-45(44)54-30-42-38-18-12-13-19-39(38)43-27-23-36(57(6,7)8)29-53(43)48(42)32(3)37-24-25-41-40-20-14-15-21-46(40)56-49(41)47(37)50(54)55/h9-29,31,42,48H,3-4,30H2,1-2,5-8H3/q+2. The van der Waals surface area contributed by atoms with E-state index in [1.165, 1.54) is 22.0 Å². The van der Waals surface area contributed by atoms with Gasteiger partial charge in [-0.25, -0.2) is 13.5 Å². The number of para-hydroxylation sites is 1. The Hall–Kier alpha value is -5.85. The Morgan fingerprint density at radius 3 is 2.37 bits per heavy atom. The summed E-state index contributed by atoms with van der Waals surface area (Å²) in [6.45, 7) is 24.6. The predicted molar refractivity (Wildman–Crippen MR) is 235 cm³/mol. The van der Waals surface area contributed by atoms with E-state index in [1.807, 2.05) is 24.3 Å². The number of aromatic nitrogens is 3. The first-order chi connectivity index (χ1) is 27.4. The van der Waals surface area contributed by atoms with Crippen molar-refractivity contribution in [3.05, 3.63) is 163 Å². The Morgan fingerprint density at radius 1 is 0.860 bits per heavy atom. The summed E-state index contributed by atoms with van der Waals surface area (Å²) in [5, 5.41) is 3.50. The lowest BCUT2D eigenvalue weighted by Crippen LogP contribution is -2.59. The molecule has 5 heterocycles. The Kier molecular flexibility index (Phi) is 7.84. The number of fused-ring (bicyclic) bond motifs is 15. The zero-order valence-electron chi connectivity index (χ0n) is 33.6. The Labute approximate surface area is 334 Å². The molecule has 10 rings (SSSR count). The molecule has 2 aliphatic rings. The maximum atomic E-state index is 15.9. The average Bonchev–Trinajstić information content (AvgIpc) is 3.74. The number of pyridine rings is 1. The molecule has 3 atom stereocenters. The third-order valence-electron chi connectivity index (χ3n) is 13.3. The van der Waals surface area contributed by atoms with E-state index in [2.05, 4.69) is 145 Å². The molecule has 0 amide bonds. The van der Waals surface area contributed by atoms with E-state index in [9.17, 15) is 0 Å². The summed E-state index contributed by atoms with van der Waals surface area (Å²) in [5.41, 5.74) is 11.6. The van der Waals surface area contributed by atoms with Crippen LogP contribution in [-0.2, 0) is 12.1 Å². The van der Waals surface area contributed by atoms with E-state index in [4.69, 9.17) is 17.6 Å². The fraction of sp³-hybridized carbons (Fsp3) is 0.216. The third kappa shape index (κ3) is 5.09. The van der Waals surface area contributed by atoms with Gasteiger partial charge in [0.25, 0.3) is 5.82 Å². The highest BCUT2D eigenvalue weighted by molar-refractivity contribution is 6.88. The number of rotatable bonds is 5. The van der Waals surface area contributed by atoms with Crippen molar-refractivity contribution in [2.24, 2.45) is 5.92 Å². The molecule has 5 aromatic carbocycles. The highest BCUT2D eigenvalue weighted by atomic mass is 28.3.